The fourth-order valence-electron chi connectivity index (χ4n) is 1.68. The summed E-state index contributed by atoms with van der Waals surface area (Å²) in [7, 11) is -0.918. The lowest BCUT2D eigenvalue weighted by Gasteiger charge is -2.18. The Labute approximate surface area is 123 Å². The summed E-state index contributed by atoms with van der Waals surface area (Å²) in [6.45, 7) is 0.172. The average Bonchev–Trinajstić information content (AvgIpc) is 2.42. The van der Waals surface area contributed by atoms with Gasteiger partial charge < -0.3 is 5.32 Å². The predicted octanol–water partition coefficient (Wildman–Crippen LogP) is 2.02. The topological polar surface area (TPSA) is 49.4 Å². The Bertz CT molecular complexity index is 542. The first-order chi connectivity index (χ1) is 9.66. The standard InChI is InChI=1S/C13H19F3N2O2S/c1-17-9-7-11-3-5-12(6-4-11)21(19,20)18(2)10-8-13(14,15)16/h3-6,17H,7-10H2,1-2H3. The predicted molar refractivity (Wildman–Crippen MR) is 74.6 cm³/mol. The van der Waals surface area contributed by atoms with Gasteiger partial charge in [0.25, 0.3) is 0 Å². The molecule has 0 aliphatic heterocycles. The minimum Gasteiger partial charge on any atom is -0.319 e. The summed E-state index contributed by atoms with van der Waals surface area (Å²) in [6, 6.07) is 6.18. The zero-order valence-electron chi connectivity index (χ0n) is 11.9. The monoisotopic (exact) mass is 324 g/mol. The Morgan fingerprint density at radius 3 is 2.24 bits per heavy atom. The lowest BCUT2D eigenvalue weighted by Crippen LogP contribution is -2.30. The van der Waals surface area contributed by atoms with Crippen LogP contribution in [-0.2, 0) is 16.4 Å². The SMILES string of the molecule is CNCCc1ccc(S(=O)(=O)N(C)CCC(F)(F)F)cc1. The van der Waals surface area contributed by atoms with Gasteiger partial charge in [-0.2, -0.15) is 13.2 Å². The van der Waals surface area contributed by atoms with Gasteiger partial charge in [-0.05, 0) is 37.7 Å². The third-order valence-electron chi connectivity index (χ3n) is 3.01. The quantitative estimate of drug-likeness (QED) is 0.835. The van der Waals surface area contributed by atoms with E-state index in [1.165, 1.54) is 12.1 Å². The zero-order chi connectivity index (χ0) is 16.1. The van der Waals surface area contributed by atoms with Crippen molar-refractivity contribution in [3.63, 3.8) is 0 Å². The molecule has 0 saturated carbocycles. The molecule has 21 heavy (non-hydrogen) atoms. The molecule has 0 aliphatic rings. The molecule has 0 bridgehead atoms. The van der Waals surface area contributed by atoms with Gasteiger partial charge in [0.2, 0.25) is 10.0 Å². The van der Waals surface area contributed by atoms with Crippen molar-refractivity contribution in [3.8, 4) is 0 Å². The molecule has 8 heteroatoms. The maximum atomic E-state index is 12.2. The van der Waals surface area contributed by atoms with Gasteiger partial charge in [0.1, 0.15) is 0 Å². The van der Waals surface area contributed by atoms with Crippen molar-refractivity contribution in [1.29, 1.82) is 0 Å². The van der Waals surface area contributed by atoms with Crippen molar-refractivity contribution in [2.45, 2.75) is 23.9 Å². The van der Waals surface area contributed by atoms with Crippen LogP contribution < -0.4 is 5.32 Å². The van der Waals surface area contributed by atoms with E-state index in [1.54, 1.807) is 12.1 Å². The van der Waals surface area contributed by atoms with Gasteiger partial charge in [-0.1, -0.05) is 12.1 Å². The lowest BCUT2D eigenvalue weighted by atomic mass is 10.1. The zero-order valence-corrected chi connectivity index (χ0v) is 12.8. The number of halogens is 3. The molecule has 1 N–H and O–H groups in total. The van der Waals surface area contributed by atoms with E-state index in [4.69, 9.17) is 0 Å². The summed E-state index contributed by atoms with van der Waals surface area (Å²) in [6.07, 6.45) is -4.79. The molecule has 1 rings (SSSR count). The Hall–Kier alpha value is -1.12. The van der Waals surface area contributed by atoms with Crippen molar-refractivity contribution in [1.82, 2.24) is 9.62 Å². The van der Waals surface area contributed by atoms with E-state index in [9.17, 15) is 21.6 Å². The van der Waals surface area contributed by atoms with Gasteiger partial charge in [0.15, 0.2) is 0 Å². The van der Waals surface area contributed by atoms with Crippen molar-refractivity contribution in [2.75, 3.05) is 27.2 Å². The summed E-state index contributed by atoms with van der Waals surface area (Å²) in [5, 5.41) is 2.98. The van der Waals surface area contributed by atoms with Crippen LogP contribution in [0.25, 0.3) is 0 Å². The van der Waals surface area contributed by atoms with E-state index in [0.717, 1.165) is 29.9 Å². The van der Waals surface area contributed by atoms with E-state index in [-0.39, 0.29) is 4.90 Å². The van der Waals surface area contributed by atoms with Gasteiger partial charge in [0.05, 0.1) is 11.3 Å². The van der Waals surface area contributed by atoms with Crippen LogP contribution in [0.1, 0.15) is 12.0 Å². The number of hydrogen-bond donors (Lipinski definition) is 1. The second-order valence-corrected chi connectivity index (χ2v) is 6.73. The van der Waals surface area contributed by atoms with E-state index < -0.39 is 29.2 Å². The molecule has 0 unspecified atom stereocenters. The number of nitrogens with one attached hydrogen (secondary N) is 1. The van der Waals surface area contributed by atoms with Gasteiger partial charge in [-0.15, -0.1) is 0 Å². The Morgan fingerprint density at radius 2 is 1.76 bits per heavy atom. The van der Waals surface area contributed by atoms with Crippen LogP contribution in [0.3, 0.4) is 0 Å². The fraction of sp³-hybridized carbons (Fsp3) is 0.538. The van der Waals surface area contributed by atoms with Gasteiger partial charge in [-0.25, -0.2) is 12.7 Å². The minimum atomic E-state index is -4.37. The Morgan fingerprint density at radius 1 is 1.19 bits per heavy atom. The third-order valence-corrected chi connectivity index (χ3v) is 4.88. The summed E-state index contributed by atoms with van der Waals surface area (Å²) >= 11 is 0. The van der Waals surface area contributed by atoms with Gasteiger partial charge in [-0.3, -0.25) is 0 Å². The number of alkyl halides is 3. The number of sulfonamides is 1. The first-order valence-corrected chi connectivity index (χ1v) is 7.87. The highest BCUT2D eigenvalue weighted by molar-refractivity contribution is 7.89. The minimum absolute atomic E-state index is 0.000354. The molecule has 0 amide bonds. The maximum Gasteiger partial charge on any atom is 0.390 e. The third kappa shape index (κ3) is 5.64. The Balaban J connectivity index is 2.77. The van der Waals surface area contributed by atoms with E-state index in [2.05, 4.69) is 5.32 Å². The molecule has 1 aromatic rings. The summed E-state index contributed by atoms with van der Waals surface area (Å²) in [4.78, 5) is 0.000354. The van der Waals surface area contributed by atoms with Crippen molar-refractivity contribution < 1.29 is 21.6 Å². The summed E-state index contributed by atoms with van der Waals surface area (Å²) < 4.78 is 61.4. The molecule has 0 aromatic heterocycles. The van der Waals surface area contributed by atoms with Crippen LogP contribution in [0.2, 0.25) is 0 Å². The molecule has 0 radical (unpaired) electrons. The molecule has 0 atom stereocenters. The van der Waals surface area contributed by atoms with Crippen molar-refractivity contribution in [3.05, 3.63) is 29.8 Å². The van der Waals surface area contributed by atoms with E-state index in [0.29, 0.717) is 0 Å². The van der Waals surface area contributed by atoms with Crippen molar-refractivity contribution >= 4 is 10.0 Å². The molecule has 4 nitrogen and oxygen atoms in total. The summed E-state index contributed by atoms with van der Waals surface area (Å²) in [5.74, 6) is 0. The maximum absolute atomic E-state index is 12.2. The largest absolute Gasteiger partial charge is 0.390 e. The highest BCUT2D eigenvalue weighted by Crippen LogP contribution is 2.22. The number of rotatable bonds is 7. The molecule has 0 heterocycles. The Kier molecular flexibility index (Phi) is 6.18. The molecular formula is C13H19F3N2O2S. The number of benzene rings is 1. The molecule has 1 aromatic carbocycles. The summed E-state index contributed by atoms with van der Waals surface area (Å²) in [5.41, 5.74) is 0.959. The van der Waals surface area contributed by atoms with Crippen LogP contribution in [0, 0.1) is 0 Å². The van der Waals surface area contributed by atoms with Gasteiger partial charge >= 0.3 is 6.18 Å². The van der Waals surface area contributed by atoms with Crippen LogP contribution in [-0.4, -0.2) is 46.1 Å². The lowest BCUT2D eigenvalue weighted by molar-refractivity contribution is -0.135. The number of nitrogens with zero attached hydrogens (tertiary/aromatic N) is 1. The van der Waals surface area contributed by atoms with E-state index >= 15 is 0 Å². The number of hydrogen-bond acceptors (Lipinski definition) is 3. The normalized spacial score (nSPS) is 12.9. The second-order valence-electron chi connectivity index (χ2n) is 4.69. The second kappa shape index (κ2) is 7.24. The first-order valence-electron chi connectivity index (χ1n) is 6.43. The number of likely N-dealkylation sites (N-methyl/N-ethyl adjacent to an activating group) is 1. The molecule has 120 valence electrons. The van der Waals surface area contributed by atoms with Crippen molar-refractivity contribution in [2.24, 2.45) is 0 Å². The fourth-order valence-corrected chi connectivity index (χ4v) is 2.85. The van der Waals surface area contributed by atoms with Crippen LogP contribution in [0.15, 0.2) is 29.2 Å². The highest BCUT2D eigenvalue weighted by atomic mass is 32.2. The first kappa shape index (κ1) is 17.9. The smallest absolute Gasteiger partial charge is 0.319 e. The average molecular weight is 324 g/mol. The van der Waals surface area contributed by atoms with Crippen LogP contribution in [0.4, 0.5) is 13.2 Å². The molecule has 0 aliphatic carbocycles. The van der Waals surface area contributed by atoms with E-state index in [1.807, 2.05) is 7.05 Å². The molecular weight excluding hydrogens is 305 g/mol. The van der Waals surface area contributed by atoms with Gasteiger partial charge in [0, 0.05) is 13.6 Å². The van der Waals surface area contributed by atoms with Crippen LogP contribution in [0.5, 0.6) is 0 Å². The highest BCUT2D eigenvalue weighted by Gasteiger charge is 2.30. The molecule has 0 spiro atoms. The van der Waals surface area contributed by atoms with Crippen LogP contribution >= 0.6 is 0 Å². The molecule has 0 saturated heterocycles. The molecule has 0 fully saturated rings.